The monoisotopic (exact) mass is 215 g/mol. The number of fused-ring (bicyclic) bond motifs is 1. The molecule has 0 aliphatic carbocycles. The molecule has 0 saturated heterocycles. The summed E-state index contributed by atoms with van der Waals surface area (Å²) in [5.41, 5.74) is 1.96. The van der Waals surface area contributed by atoms with Crippen molar-refractivity contribution >= 4 is 0 Å². The van der Waals surface area contributed by atoms with Gasteiger partial charge in [-0.05, 0) is 25.0 Å². The number of hydrogen-bond acceptors (Lipinski definition) is 3. The summed E-state index contributed by atoms with van der Waals surface area (Å²) in [5, 5.41) is 9.83. The Morgan fingerprint density at radius 2 is 2.12 bits per heavy atom. The summed E-state index contributed by atoms with van der Waals surface area (Å²) in [6, 6.07) is 3.86. The summed E-state index contributed by atoms with van der Waals surface area (Å²) in [6.07, 6.45) is 6.93. The van der Waals surface area contributed by atoms with E-state index in [1.807, 2.05) is 22.9 Å². The maximum Gasteiger partial charge on any atom is 0.138 e. The average Bonchev–Trinajstić information content (AvgIpc) is 2.76. The Hall–Kier alpha value is -1.68. The fourth-order valence-electron chi connectivity index (χ4n) is 2.12. The minimum atomic E-state index is -0.413. The summed E-state index contributed by atoms with van der Waals surface area (Å²) in [6.45, 7) is 0.949. The van der Waals surface area contributed by atoms with Gasteiger partial charge in [-0.15, -0.1) is 0 Å². The van der Waals surface area contributed by atoms with Crippen molar-refractivity contribution in [1.82, 2.24) is 14.5 Å². The molecule has 1 aliphatic heterocycles. The molecule has 3 rings (SSSR count). The van der Waals surface area contributed by atoms with Crippen LogP contribution in [0, 0.1) is 0 Å². The highest BCUT2D eigenvalue weighted by Gasteiger charge is 2.20. The van der Waals surface area contributed by atoms with Crippen LogP contribution in [0.1, 0.15) is 24.8 Å². The van der Waals surface area contributed by atoms with Crippen LogP contribution >= 0.6 is 0 Å². The zero-order valence-corrected chi connectivity index (χ0v) is 8.87. The molecular weight excluding hydrogens is 202 g/mol. The van der Waals surface area contributed by atoms with Crippen LogP contribution in [0.4, 0.5) is 0 Å². The molecule has 4 nitrogen and oxygen atoms in total. The van der Waals surface area contributed by atoms with Gasteiger partial charge >= 0.3 is 0 Å². The van der Waals surface area contributed by atoms with Crippen LogP contribution in [-0.4, -0.2) is 19.6 Å². The maximum atomic E-state index is 9.83. The van der Waals surface area contributed by atoms with E-state index >= 15 is 0 Å². The number of aromatic nitrogens is 3. The summed E-state index contributed by atoms with van der Waals surface area (Å²) in [7, 11) is 0. The van der Waals surface area contributed by atoms with Crippen LogP contribution < -0.4 is 0 Å². The Kier molecular flexibility index (Phi) is 2.22. The van der Waals surface area contributed by atoms with Crippen LogP contribution in [0.2, 0.25) is 0 Å². The van der Waals surface area contributed by atoms with E-state index in [2.05, 4.69) is 9.97 Å². The predicted octanol–water partition coefficient (Wildman–Crippen LogP) is 1.77. The molecule has 3 heterocycles. The second-order valence-corrected chi connectivity index (χ2v) is 4.07. The number of aliphatic hydroxyl groups excluding tert-OH is 1. The maximum absolute atomic E-state index is 9.83. The Morgan fingerprint density at radius 1 is 1.31 bits per heavy atom. The molecule has 1 unspecified atom stereocenters. The molecule has 0 amide bonds. The van der Waals surface area contributed by atoms with Crippen molar-refractivity contribution in [3.05, 3.63) is 36.5 Å². The number of aryl methyl sites for hydroxylation is 1. The quantitative estimate of drug-likeness (QED) is 0.788. The van der Waals surface area contributed by atoms with Gasteiger partial charge in [-0.1, -0.05) is 0 Å². The van der Waals surface area contributed by atoms with Crippen molar-refractivity contribution in [2.45, 2.75) is 25.5 Å². The molecular formula is C12H13N3O. The lowest BCUT2D eigenvalue weighted by molar-refractivity contribution is 0.134. The van der Waals surface area contributed by atoms with E-state index in [4.69, 9.17) is 0 Å². The molecule has 16 heavy (non-hydrogen) atoms. The standard InChI is InChI=1S/C12H13N3O/c16-11-2-1-7-15-8-10(14-12(11)15)9-3-5-13-6-4-9/h3-6,8,11,16H,1-2,7H2. The highest BCUT2D eigenvalue weighted by atomic mass is 16.3. The third-order valence-electron chi connectivity index (χ3n) is 2.96. The van der Waals surface area contributed by atoms with Crippen LogP contribution in [0.3, 0.4) is 0 Å². The van der Waals surface area contributed by atoms with Gasteiger partial charge in [-0.2, -0.15) is 0 Å². The van der Waals surface area contributed by atoms with Crippen molar-refractivity contribution in [2.24, 2.45) is 0 Å². The van der Waals surface area contributed by atoms with Crippen LogP contribution in [0.15, 0.2) is 30.7 Å². The molecule has 0 bridgehead atoms. The van der Waals surface area contributed by atoms with Gasteiger partial charge in [0.1, 0.15) is 11.9 Å². The van der Waals surface area contributed by atoms with E-state index in [9.17, 15) is 5.11 Å². The summed E-state index contributed by atoms with van der Waals surface area (Å²) < 4.78 is 2.05. The number of imidazole rings is 1. The van der Waals surface area contributed by atoms with Crippen molar-refractivity contribution in [3.63, 3.8) is 0 Å². The van der Waals surface area contributed by atoms with E-state index in [0.717, 1.165) is 36.5 Å². The van der Waals surface area contributed by atoms with Gasteiger partial charge in [0.2, 0.25) is 0 Å². The molecule has 1 atom stereocenters. The molecule has 0 fully saturated rings. The summed E-state index contributed by atoms with van der Waals surface area (Å²) in [4.78, 5) is 8.47. The van der Waals surface area contributed by atoms with Crippen molar-refractivity contribution in [2.75, 3.05) is 0 Å². The van der Waals surface area contributed by atoms with Gasteiger partial charge in [0, 0.05) is 30.7 Å². The van der Waals surface area contributed by atoms with Crippen LogP contribution in [0.25, 0.3) is 11.3 Å². The minimum Gasteiger partial charge on any atom is -0.385 e. The molecule has 2 aromatic heterocycles. The number of pyridine rings is 1. The second-order valence-electron chi connectivity index (χ2n) is 4.07. The van der Waals surface area contributed by atoms with E-state index in [1.165, 1.54) is 0 Å². The Morgan fingerprint density at radius 3 is 2.88 bits per heavy atom. The van der Waals surface area contributed by atoms with Gasteiger partial charge in [0.25, 0.3) is 0 Å². The predicted molar refractivity (Wildman–Crippen MR) is 59.7 cm³/mol. The van der Waals surface area contributed by atoms with Gasteiger partial charge in [0.15, 0.2) is 0 Å². The lowest BCUT2D eigenvalue weighted by Gasteiger charge is -2.18. The molecule has 1 aliphatic rings. The summed E-state index contributed by atoms with van der Waals surface area (Å²) >= 11 is 0. The number of nitrogens with zero attached hydrogens (tertiary/aromatic N) is 3. The van der Waals surface area contributed by atoms with Crippen molar-refractivity contribution in [3.8, 4) is 11.3 Å². The molecule has 0 aromatic carbocycles. The minimum absolute atomic E-state index is 0.413. The van der Waals surface area contributed by atoms with Crippen LogP contribution in [-0.2, 0) is 6.54 Å². The van der Waals surface area contributed by atoms with E-state index < -0.39 is 6.10 Å². The first-order chi connectivity index (χ1) is 7.84. The third kappa shape index (κ3) is 1.51. The number of aliphatic hydroxyl groups is 1. The molecule has 0 saturated carbocycles. The van der Waals surface area contributed by atoms with E-state index in [1.54, 1.807) is 12.4 Å². The highest BCUT2D eigenvalue weighted by molar-refractivity contribution is 5.57. The fraction of sp³-hybridized carbons (Fsp3) is 0.333. The first kappa shape index (κ1) is 9.54. The van der Waals surface area contributed by atoms with Crippen molar-refractivity contribution in [1.29, 1.82) is 0 Å². The topological polar surface area (TPSA) is 50.9 Å². The highest BCUT2D eigenvalue weighted by Crippen LogP contribution is 2.27. The molecule has 0 radical (unpaired) electrons. The first-order valence-electron chi connectivity index (χ1n) is 5.50. The molecule has 1 N–H and O–H groups in total. The number of hydrogen-bond donors (Lipinski definition) is 1. The third-order valence-corrected chi connectivity index (χ3v) is 2.96. The zero-order chi connectivity index (χ0) is 11.0. The average molecular weight is 215 g/mol. The van der Waals surface area contributed by atoms with Gasteiger partial charge in [0.05, 0.1) is 5.69 Å². The number of rotatable bonds is 1. The van der Waals surface area contributed by atoms with Gasteiger partial charge < -0.3 is 9.67 Å². The normalized spacial score (nSPS) is 19.4. The Bertz CT molecular complexity index is 492. The van der Waals surface area contributed by atoms with E-state index in [0.29, 0.717) is 0 Å². The SMILES string of the molecule is OC1CCCn2cc(-c3ccncc3)nc21. The van der Waals surface area contributed by atoms with Gasteiger partial charge in [-0.3, -0.25) is 4.98 Å². The smallest absolute Gasteiger partial charge is 0.138 e. The van der Waals surface area contributed by atoms with E-state index in [-0.39, 0.29) is 0 Å². The van der Waals surface area contributed by atoms with Crippen molar-refractivity contribution < 1.29 is 5.11 Å². The largest absolute Gasteiger partial charge is 0.385 e. The van der Waals surface area contributed by atoms with Gasteiger partial charge in [-0.25, -0.2) is 4.98 Å². The zero-order valence-electron chi connectivity index (χ0n) is 8.87. The molecule has 4 heteroatoms. The lowest BCUT2D eigenvalue weighted by Crippen LogP contribution is -2.14. The molecule has 82 valence electrons. The van der Waals surface area contributed by atoms with Crippen LogP contribution in [0.5, 0.6) is 0 Å². The first-order valence-corrected chi connectivity index (χ1v) is 5.50. The summed E-state index contributed by atoms with van der Waals surface area (Å²) in [5.74, 6) is 0.790. The molecule has 2 aromatic rings. The Balaban J connectivity index is 2.05. The second kappa shape index (κ2) is 3.72. The molecule has 0 spiro atoms. The fourth-order valence-corrected chi connectivity index (χ4v) is 2.12. The Labute approximate surface area is 93.6 Å². The lowest BCUT2D eigenvalue weighted by atomic mass is 10.1.